The van der Waals surface area contributed by atoms with E-state index in [0.29, 0.717) is 21.9 Å². The van der Waals surface area contributed by atoms with Crippen LogP contribution in [0.2, 0.25) is 0 Å². The Bertz CT molecular complexity index is 950. The summed E-state index contributed by atoms with van der Waals surface area (Å²) in [6, 6.07) is 17.2. The summed E-state index contributed by atoms with van der Waals surface area (Å²) in [5, 5.41) is 1.27. The lowest BCUT2D eigenvalue weighted by atomic mass is 10.2. The summed E-state index contributed by atoms with van der Waals surface area (Å²) in [6.45, 7) is 2.00. The third-order valence-corrected chi connectivity index (χ3v) is 3.13. The van der Waals surface area contributed by atoms with E-state index in [-0.39, 0.29) is 10.9 Å². The van der Waals surface area contributed by atoms with E-state index in [4.69, 9.17) is 13.6 Å². The molecule has 0 fully saturated rings. The molecule has 0 saturated heterocycles. The maximum absolute atomic E-state index is 11.1. The number of carbonyl (C=O) groups excluding carboxylic acids is 1. The molecular formula is C19H14O5. The molecule has 4 aromatic rings. The van der Waals surface area contributed by atoms with Gasteiger partial charge in [0.15, 0.2) is 10.9 Å². The lowest BCUT2D eigenvalue weighted by Gasteiger charge is -1.91. The number of hydrogen-bond acceptors (Lipinski definition) is 5. The number of carbonyl (C=O) groups is 1. The maximum atomic E-state index is 11.1. The van der Waals surface area contributed by atoms with Gasteiger partial charge in [-0.15, -0.1) is 0 Å². The van der Waals surface area contributed by atoms with Crippen molar-refractivity contribution in [2.75, 3.05) is 0 Å². The van der Waals surface area contributed by atoms with Gasteiger partial charge in [0.1, 0.15) is 18.0 Å². The summed E-state index contributed by atoms with van der Waals surface area (Å²) in [4.78, 5) is 30.2. The fourth-order valence-corrected chi connectivity index (χ4v) is 2.06. The second kappa shape index (κ2) is 8.24. The van der Waals surface area contributed by atoms with Crippen LogP contribution in [-0.4, -0.2) is 6.79 Å². The minimum absolute atomic E-state index is 0.00634. The topological polar surface area (TPSA) is 77.5 Å². The number of rotatable bonds is 0. The third kappa shape index (κ3) is 3.84. The van der Waals surface area contributed by atoms with Gasteiger partial charge in [-0.25, -0.2) is 0 Å². The van der Waals surface area contributed by atoms with E-state index in [1.165, 1.54) is 24.7 Å². The highest BCUT2D eigenvalue weighted by Gasteiger charge is 1.95. The zero-order valence-electron chi connectivity index (χ0n) is 12.7. The Morgan fingerprint density at radius 2 is 0.958 bits per heavy atom. The predicted molar refractivity (Wildman–Crippen MR) is 92.1 cm³/mol. The molecule has 0 amide bonds. The standard InChI is InChI=1S/2C9H6O2.CH2O/c2*10-8-5-6-11-9-4-2-1-3-7(8)9;1-2/h2*1-6H;1H2. The highest BCUT2D eigenvalue weighted by molar-refractivity contribution is 5.76. The van der Waals surface area contributed by atoms with E-state index < -0.39 is 0 Å². The second-order valence-corrected chi connectivity index (χ2v) is 4.56. The summed E-state index contributed by atoms with van der Waals surface area (Å²) in [6.07, 6.45) is 2.81. The Morgan fingerprint density at radius 1 is 0.583 bits per heavy atom. The van der Waals surface area contributed by atoms with Crippen LogP contribution in [0.25, 0.3) is 21.9 Å². The molecule has 0 aliphatic rings. The quantitative estimate of drug-likeness (QED) is 0.496. The molecule has 2 heterocycles. The van der Waals surface area contributed by atoms with Crippen molar-refractivity contribution in [3.8, 4) is 0 Å². The van der Waals surface area contributed by atoms with E-state index in [9.17, 15) is 9.59 Å². The zero-order chi connectivity index (χ0) is 17.4. The summed E-state index contributed by atoms with van der Waals surface area (Å²) >= 11 is 0. The normalized spacial score (nSPS) is 9.50. The highest BCUT2D eigenvalue weighted by Crippen LogP contribution is 2.07. The first-order chi connectivity index (χ1) is 11.8. The van der Waals surface area contributed by atoms with Crippen LogP contribution >= 0.6 is 0 Å². The molecule has 2 aromatic carbocycles. The Hall–Kier alpha value is -3.47. The average Bonchev–Trinajstić information content (AvgIpc) is 2.65. The summed E-state index contributed by atoms with van der Waals surface area (Å²) in [7, 11) is 0. The molecule has 24 heavy (non-hydrogen) atoms. The molecule has 2 aromatic heterocycles. The van der Waals surface area contributed by atoms with E-state index in [0.717, 1.165) is 0 Å². The van der Waals surface area contributed by atoms with Crippen molar-refractivity contribution < 1.29 is 13.6 Å². The second-order valence-electron chi connectivity index (χ2n) is 4.56. The van der Waals surface area contributed by atoms with Crippen LogP contribution in [0.1, 0.15) is 0 Å². The molecule has 0 radical (unpaired) electrons. The fourth-order valence-electron chi connectivity index (χ4n) is 2.06. The first kappa shape index (κ1) is 16.9. The highest BCUT2D eigenvalue weighted by atomic mass is 16.3. The lowest BCUT2D eigenvalue weighted by molar-refractivity contribution is -0.0979. The lowest BCUT2D eigenvalue weighted by Crippen LogP contribution is -1.96. The number of benzene rings is 2. The van der Waals surface area contributed by atoms with Gasteiger partial charge in [0.2, 0.25) is 0 Å². The predicted octanol–water partition coefficient (Wildman–Crippen LogP) is 3.40. The zero-order valence-corrected chi connectivity index (χ0v) is 12.7. The minimum Gasteiger partial charge on any atom is -0.464 e. The van der Waals surface area contributed by atoms with Gasteiger partial charge in [-0.05, 0) is 24.3 Å². The van der Waals surface area contributed by atoms with Crippen molar-refractivity contribution in [1.29, 1.82) is 0 Å². The van der Waals surface area contributed by atoms with Crippen molar-refractivity contribution in [2.24, 2.45) is 0 Å². The molecule has 5 nitrogen and oxygen atoms in total. The van der Waals surface area contributed by atoms with Crippen LogP contribution in [0.4, 0.5) is 0 Å². The monoisotopic (exact) mass is 322 g/mol. The van der Waals surface area contributed by atoms with Gasteiger partial charge in [0, 0.05) is 12.1 Å². The molecule has 5 heteroatoms. The number of para-hydroxylation sites is 2. The van der Waals surface area contributed by atoms with Crippen molar-refractivity contribution in [2.45, 2.75) is 0 Å². The summed E-state index contributed by atoms with van der Waals surface area (Å²) in [5.41, 5.74) is 1.29. The van der Waals surface area contributed by atoms with Crippen molar-refractivity contribution >= 4 is 28.7 Å². The number of hydrogen-bond donors (Lipinski definition) is 0. The van der Waals surface area contributed by atoms with Crippen LogP contribution in [0.3, 0.4) is 0 Å². The van der Waals surface area contributed by atoms with Gasteiger partial charge < -0.3 is 13.6 Å². The van der Waals surface area contributed by atoms with Gasteiger partial charge in [0.05, 0.1) is 23.3 Å². The Kier molecular flexibility index (Phi) is 5.80. The van der Waals surface area contributed by atoms with E-state index in [2.05, 4.69) is 0 Å². The number of fused-ring (bicyclic) bond motifs is 2. The van der Waals surface area contributed by atoms with Gasteiger partial charge in [-0.1, -0.05) is 24.3 Å². The van der Waals surface area contributed by atoms with Crippen molar-refractivity contribution in [3.05, 3.63) is 93.6 Å². The molecule has 120 valence electrons. The summed E-state index contributed by atoms with van der Waals surface area (Å²) < 4.78 is 10.2. The SMILES string of the molecule is C=O.O=c1ccoc2ccccc12.O=c1ccoc2ccccc12. The van der Waals surface area contributed by atoms with Gasteiger partial charge in [-0.3, -0.25) is 9.59 Å². The van der Waals surface area contributed by atoms with Gasteiger partial charge in [0.25, 0.3) is 0 Å². The average molecular weight is 322 g/mol. The Balaban J connectivity index is 0.000000158. The van der Waals surface area contributed by atoms with Gasteiger partial charge in [-0.2, -0.15) is 0 Å². The molecule has 4 rings (SSSR count). The molecular weight excluding hydrogens is 308 g/mol. The molecule has 0 unspecified atom stereocenters. The van der Waals surface area contributed by atoms with Crippen molar-refractivity contribution in [1.82, 2.24) is 0 Å². The van der Waals surface area contributed by atoms with Crippen LogP contribution in [0.5, 0.6) is 0 Å². The van der Waals surface area contributed by atoms with E-state index in [1.54, 1.807) is 24.3 Å². The molecule has 0 atom stereocenters. The summed E-state index contributed by atoms with van der Waals surface area (Å²) in [5.74, 6) is 0. The smallest absolute Gasteiger partial charge is 0.192 e. The molecule has 0 saturated carbocycles. The molecule has 0 bridgehead atoms. The molecule has 0 spiro atoms. The maximum Gasteiger partial charge on any atom is 0.192 e. The van der Waals surface area contributed by atoms with Gasteiger partial charge >= 0.3 is 0 Å². The van der Waals surface area contributed by atoms with Crippen molar-refractivity contribution in [3.63, 3.8) is 0 Å². The third-order valence-electron chi connectivity index (χ3n) is 3.13. The molecule has 0 aliphatic carbocycles. The molecule has 0 aliphatic heterocycles. The van der Waals surface area contributed by atoms with E-state index in [1.807, 2.05) is 31.1 Å². The Labute approximate surface area is 136 Å². The van der Waals surface area contributed by atoms with Crippen LogP contribution < -0.4 is 10.9 Å². The van der Waals surface area contributed by atoms with Crippen LogP contribution in [0.15, 0.2) is 91.6 Å². The molecule has 0 N–H and O–H groups in total. The fraction of sp³-hybridized carbons (Fsp3) is 0. The first-order valence-corrected chi connectivity index (χ1v) is 6.98. The van der Waals surface area contributed by atoms with Crippen LogP contribution in [0, 0.1) is 0 Å². The van der Waals surface area contributed by atoms with E-state index >= 15 is 0 Å². The first-order valence-electron chi connectivity index (χ1n) is 6.98. The largest absolute Gasteiger partial charge is 0.464 e. The van der Waals surface area contributed by atoms with Crippen LogP contribution in [-0.2, 0) is 4.79 Å². The minimum atomic E-state index is 0.00634. The Morgan fingerprint density at radius 3 is 1.33 bits per heavy atom.